The summed E-state index contributed by atoms with van der Waals surface area (Å²) in [5, 5.41) is 2.69. The molecule has 2 rings (SSSR count). The highest BCUT2D eigenvalue weighted by molar-refractivity contribution is 5.96. The predicted molar refractivity (Wildman–Crippen MR) is 79.2 cm³/mol. The van der Waals surface area contributed by atoms with Gasteiger partial charge in [0, 0.05) is 0 Å². The number of anilines is 1. The Morgan fingerprint density at radius 3 is 2.55 bits per heavy atom. The summed E-state index contributed by atoms with van der Waals surface area (Å²) in [5.41, 5.74) is 2.10. The van der Waals surface area contributed by atoms with Gasteiger partial charge in [0.2, 0.25) is 5.91 Å². The van der Waals surface area contributed by atoms with Gasteiger partial charge in [-0.05, 0) is 36.6 Å². The third-order valence-corrected chi connectivity index (χ3v) is 3.31. The van der Waals surface area contributed by atoms with Crippen LogP contribution < -0.4 is 5.32 Å². The SMILES string of the molecule is CCC(C(=O)Nc1cc(C)ccc1F)c1ccccc1. The lowest BCUT2D eigenvalue weighted by Crippen LogP contribution is -2.21. The lowest BCUT2D eigenvalue weighted by molar-refractivity contribution is -0.117. The van der Waals surface area contributed by atoms with Gasteiger partial charge in [0.1, 0.15) is 5.82 Å². The summed E-state index contributed by atoms with van der Waals surface area (Å²) in [4.78, 5) is 12.3. The van der Waals surface area contributed by atoms with E-state index in [1.165, 1.54) is 6.07 Å². The van der Waals surface area contributed by atoms with Gasteiger partial charge < -0.3 is 5.32 Å². The molecule has 0 aliphatic heterocycles. The summed E-state index contributed by atoms with van der Waals surface area (Å²) in [6, 6.07) is 14.2. The predicted octanol–water partition coefficient (Wildman–Crippen LogP) is 4.27. The molecule has 0 aromatic heterocycles. The molecule has 0 bridgehead atoms. The first-order valence-electron chi connectivity index (χ1n) is 6.73. The molecule has 2 aromatic carbocycles. The van der Waals surface area contributed by atoms with Crippen molar-refractivity contribution in [1.29, 1.82) is 0 Å². The molecule has 0 saturated carbocycles. The van der Waals surface area contributed by atoms with Crippen LogP contribution in [0, 0.1) is 12.7 Å². The highest BCUT2D eigenvalue weighted by Crippen LogP contribution is 2.23. The number of hydrogen-bond acceptors (Lipinski definition) is 1. The minimum Gasteiger partial charge on any atom is -0.323 e. The van der Waals surface area contributed by atoms with Crippen LogP contribution >= 0.6 is 0 Å². The molecule has 2 aromatic rings. The zero-order valence-corrected chi connectivity index (χ0v) is 11.7. The maximum Gasteiger partial charge on any atom is 0.231 e. The quantitative estimate of drug-likeness (QED) is 0.884. The van der Waals surface area contributed by atoms with E-state index < -0.39 is 5.82 Å². The standard InChI is InChI=1S/C17H18FNO/c1-3-14(13-7-5-4-6-8-13)17(20)19-16-11-12(2)9-10-15(16)18/h4-11,14H,3H2,1-2H3,(H,19,20). The van der Waals surface area contributed by atoms with Crippen LogP contribution in [0.3, 0.4) is 0 Å². The molecule has 1 unspecified atom stereocenters. The van der Waals surface area contributed by atoms with E-state index in [9.17, 15) is 9.18 Å². The minimum atomic E-state index is -0.410. The van der Waals surface area contributed by atoms with Gasteiger partial charge in [-0.1, -0.05) is 43.3 Å². The molecule has 1 amide bonds. The monoisotopic (exact) mass is 271 g/mol. The smallest absolute Gasteiger partial charge is 0.231 e. The third kappa shape index (κ3) is 3.23. The lowest BCUT2D eigenvalue weighted by atomic mass is 9.95. The van der Waals surface area contributed by atoms with Crippen molar-refractivity contribution >= 4 is 11.6 Å². The molecule has 1 atom stereocenters. The zero-order chi connectivity index (χ0) is 14.5. The first-order chi connectivity index (χ1) is 9.61. The number of halogens is 1. The summed E-state index contributed by atoms with van der Waals surface area (Å²) in [6.45, 7) is 3.81. The number of benzene rings is 2. The number of amides is 1. The molecule has 0 aliphatic rings. The summed E-state index contributed by atoms with van der Waals surface area (Å²) < 4.78 is 13.7. The van der Waals surface area contributed by atoms with Crippen molar-refractivity contribution in [2.45, 2.75) is 26.2 Å². The van der Waals surface area contributed by atoms with Gasteiger partial charge in [-0.2, -0.15) is 0 Å². The Balaban J connectivity index is 2.20. The lowest BCUT2D eigenvalue weighted by Gasteiger charge is -2.16. The van der Waals surface area contributed by atoms with Gasteiger partial charge in [0.05, 0.1) is 11.6 Å². The Kier molecular flexibility index (Phi) is 4.51. The maximum absolute atomic E-state index is 13.7. The van der Waals surface area contributed by atoms with Gasteiger partial charge in [-0.15, -0.1) is 0 Å². The van der Waals surface area contributed by atoms with Crippen LogP contribution in [0.1, 0.15) is 30.4 Å². The summed E-state index contributed by atoms with van der Waals surface area (Å²) in [6.07, 6.45) is 0.670. The van der Waals surface area contributed by atoms with E-state index in [1.807, 2.05) is 44.2 Å². The molecule has 1 N–H and O–H groups in total. The molecule has 0 aliphatic carbocycles. The van der Waals surface area contributed by atoms with Crippen molar-refractivity contribution in [1.82, 2.24) is 0 Å². The number of aryl methyl sites for hydroxylation is 1. The van der Waals surface area contributed by atoms with Crippen molar-refractivity contribution < 1.29 is 9.18 Å². The number of hydrogen-bond donors (Lipinski definition) is 1. The maximum atomic E-state index is 13.7. The van der Waals surface area contributed by atoms with Gasteiger partial charge in [-0.3, -0.25) is 4.79 Å². The molecule has 0 fully saturated rings. The number of carbonyl (C=O) groups is 1. The first kappa shape index (κ1) is 14.3. The zero-order valence-electron chi connectivity index (χ0n) is 11.7. The van der Waals surface area contributed by atoms with Crippen LogP contribution in [0.25, 0.3) is 0 Å². The van der Waals surface area contributed by atoms with Gasteiger partial charge in [0.15, 0.2) is 0 Å². The van der Waals surface area contributed by atoms with Crippen molar-refractivity contribution in [3.05, 3.63) is 65.5 Å². The van der Waals surface area contributed by atoms with E-state index in [1.54, 1.807) is 12.1 Å². The fraction of sp³-hybridized carbons (Fsp3) is 0.235. The fourth-order valence-electron chi connectivity index (χ4n) is 2.21. The Hall–Kier alpha value is -2.16. The van der Waals surface area contributed by atoms with E-state index in [0.29, 0.717) is 6.42 Å². The molecule has 0 heterocycles. The molecule has 2 nitrogen and oxygen atoms in total. The third-order valence-electron chi connectivity index (χ3n) is 3.31. The van der Waals surface area contributed by atoms with Crippen molar-refractivity contribution in [2.24, 2.45) is 0 Å². The normalized spacial score (nSPS) is 11.9. The van der Waals surface area contributed by atoms with Crippen LogP contribution in [0.5, 0.6) is 0 Å². The van der Waals surface area contributed by atoms with Crippen LogP contribution in [0.15, 0.2) is 48.5 Å². The van der Waals surface area contributed by atoms with E-state index in [4.69, 9.17) is 0 Å². The van der Waals surface area contributed by atoms with Crippen LogP contribution in [0.4, 0.5) is 10.1 Å². The molecule has 20 heavy (non-hydrogen) atoms. The average molecular weight is 271 g/mol. The molecule has 3 heteroatoms. The Bertz CT molecular complexity index is 595. The summed E-state index contributed by atoms with van der Waals surface area (Å²) in [5.74, 6) is -0.855. The highest BCUT2D eigenvalue weighted by atomic mass is 19.1. The second-order valence-electron chi connectivity index (χ2n) is 4.84. The van der Waals surface area contributed by atoms with Crippen molar-refractivity contribution in [3.63, 3.8) is 0 Å². The second kappa shape index (κ2) is 6.33. The molecule has 104 valence electrons. The first-order valence-corrected chi connectivity index (χ1v) is 6.73. The molecular weight excluding hydrogens is 253 g/mol. The number of rotatable bonds is 4. The summed E-state index contributed by atoms with van der Waals surface area (Å²) in [7, 11) is 0. The number of carbonyl (C=O) groups excluding carboxylic acids is 1. The van der Waals surface area contributed by atoms with Crippen LogP contribution in [-0.2, 0) is 4.79 Å². The molecule has 0 spiro atoms. The Labute approximate surface area is 118 Å². The summed E-state index contributed by atoms with van der Waals surface area (Å²) >= 11 is 0. The van der Waals surface area contributed by atoms with E-state index in [-0.39, 0.29) is 17.5 Å². The van der Waals surface area contributed by atoms with E-state index in [0.717, 1.165) is 11.1 Å². The molecule has 0 saturated heterocycles. The fourth-order valence-corrected chi connectivity index (χ4v) is 2.21. The van der Waals surface area contributed by atoms with E-state index >= 15 is 0 Å². The Morgan fingerprint density at radius 2 is 1.90 bits per heavy atom. The molecular formula is C17H18FNO. The highest BCUT2D eigenvalue weighted by Gasteiger charge is 2.19. The average Bonchev–Trinajstić information content (AvgIpc) is 2.45. The van der Waals surface area contributed by atoms with Gasteiger partial charge in [-0.25, -0.2) is 4.39 Å². The Morgan fingerprint density at radius 1 is 1.20 bits per heavy atom. The van der Waals surface area contributed by atoms with Gasteiger partial charge >= 0.3 is 0 Å². The largest absolute Gasteiger partial charge is 0.323 e. The topological polar surface area (TPSA) is 29.1 Å². The van der Waals surface area contributed by atoms with Crippen molar-refractivity contribution in [2.75, 3.05) is 5.32 Å². The van der Waals surface area contributed by atoms with Crippen LogP contribution in [-0.4, -0.2) is 5.91 Å². The minimum absolute atomic E-state index is 0.178. The van der Waals surface area contributed by atoms with Crippen LogP contribution in [0.2, 0.25) is 0 Å². The second-order valence-corrected chi connectivity index (χ2v) is 4.84. The van der Waals surface area contributed by atoms with E-state index in [2.05, 4.69) is 5.32 Å². The van der Waals surface area contributed by atoms with Crippen molar-refractivity contribution in [3.8, 4) is 0 Å². The van der Waals surface area contributed by atoms with Gasteiger partial charge in [0.25, 0.3) is 0 Å². The molecule has 0 radical (unpaired) electrons. The number of nitrogens with one attached hydrogen (secondary N) is 1.